The number of carbonyl (C=O) groups is 2. The van der Waals surface area contributed by atoms with E-state index in [1.807, 2.05) is 31.2 Å². The molecule has 1 N–H and O–H groups in total. The Labute approximate surface area is 106 Å². The van der Waals surface area contributed by atoms with Crippen molar-refractivity contribution in [2.24, 2.45) is 0 Å². The average molecular weight is 244 g/mol. The van der Waals surface area contributed by atoms with Crippen molar-refractivity contribution in [2.75, 3.05) is 19.6 Å². The van der Waals surface area contributed by atoms with Crippen molar-refractivity contribution in [1.29, 1.82) is 0 Å². The number of carbonyl (C=O) groups excluding carboxylic acids is 2. The molecule has 1 aromatic rings. The van der Waals surface area contributed by atoms with Crippen LogP contribution in [0.1, 0.15) is 11.1 Å². The van der Waals surface area contributed by atoms with Crippen LogP contribution in [0, 0.1) is 6.92 Å². The van der Waals surface area contributed by atoms with Crippen LogP contribution < -0.4 is 5.32 Å². The molecule has 1 heterocycles. The summed E-state index contributed by atoms with van der Waals surface area (Å²) < 4.78 is 0. The molecule has 0 aromatic heterocycles. The molecule has 1 aliphatic rings. The number of nitrogens with zero attached hydrogens (tertiary/aromatic N) is 1. The minimum atomic E-state index is -0.117. The fraction of sp³-hybridized carbons (Fsp3) is 0.286. The summed E-state index contributed by atoms with van der Waals surface area (Å²) in [6.45, 7) is 3.25. The second-order valence-electron chi connectivity index (χ2n) is 4.30. The smallest absolute Gasteiger partial charge is 0.247 e. The maximum Gasteiger partial charge on any atom is 0.247 e. The Hall–Kier alpha value is -2.10. The van der Waals surface area contributed by atoms with Gasteiger partial charge in [0.1, 0.15) is 0 Å². The summed E-state index contributed by atoms with van der Waals surface area (Å²) in [6.07, 6.45) is 3.32. The van der Waals surface area contributed by atoms with Gasteiger partial charge in [-0.25, -0.2) is 0 Å². The molecule has 1 saturated heterocycles. The van der Waals surface area contributed by atoms with E-state index in [1.54, 1.807) is 11.0 Å². The monoisotopic (exact) mass is 244 g/mol. The van der Waals surface area contributed by atoms with Crippen LogP contribution in [0.4, 0.5) is 0 Å². The molecular formula is C14H16N2O2. The first-order valence-corrected chi connectivity index (χ1v) is 5.96. The Kier molecular flexibility index (Phi) is 3.77. The molecule has 2 amide bonds. The molecule has 1 fully saturated rings. The first-order chi connectivity index (χ1) is 8.66. The highest BCUT2D eigenvalue weighted by Crippen LogP contribution is 2.09. The van der Waals surface area contributed by atoms with Crippen LogP contribution in [-0.4, -0.2) is 36.3 Å². The molecule has 0 atom stereocenters. The Balaban J connectivity index is 2.03. The van der Waals surface area contributed by atoms with Crippen LogP contribution in [0.25, 0.3) is 6.08 Å². The zero-order valence-electron chi connectivity index (χ0n) is 10.3. The van der Waals surface area contributed by atoms with E-state index in [2.05, 4.69) is 5.32 Å². The van der Waals surface area contributed by atoms with Crippen LogP contribution >= 0.6 is 0 Å². The van der Waals surface area contributed by atoms with E-state index in [9.17, 15) is 9.59 Å². The normalized spacial score (nSPS) is 15.8. The lowest BCUT2D eigenvalue weighted by Gasteiger charge is -2.25. The van der Waals surface area contributed by atoms with Crippen molar-refractivity contribution in [2.45, 2.75) is 6.92 Å². The molecule has 94 valence electrons. The quantitative estimate of drug-likeness (QED) is 0.788. The number of hydrogen-bond donors (Lipinski definition) is 1. The predicted octanol–water partition coefficient (Wildman–Crippen LogP) is 0.967. The lowest BCUT2D eigenvalue weighted by molar-refractivity contribution is -0.134. The number of rotatable bonds is 2. The summed E-state index contributed by atoms with van der Waals surface area (Å²) in [5.41, 5.74) is 2.14. The molecular weight excluding hydrogens is 228 g/mol. The molecule has 0 aliphatic carbocycles. The number of aryl methyl sites for hydroxylation is 1. The third-order valence-corrected chi connectivity index (χ3v) is 2.94. The average Bonchev–Trinajstić information content (AvgIpc) is 2.37. The van der Waals surface area contributed by atoms with Crippen LogP contribution in [0.2, 0.25) is 0 Å². The van der Waals surface area contributed by atoms with Gasteiger partial charge in [-0.15, -0.1) is 0 Å². The Morgan fingerprint density at radius 2 is 2.17 bits per heavy atom. The summed E-state index contributed by atoms with van der Waals surface area (Å²) in [7, 11) is 0. The molecule has 0 unspecified atom stereocenters. The third kappa shape index (κ3) is 2.97. The van der Waals surface area contributed by atoms with E-state index in [-0.39, 0.29) is 18.4 Å². The molecule has 0 saturated carbocycles. The fourth-order valence-electron chi connectivity index (χ4n) is 1.87. The van der Waals surface area contributed by atoms with Gasteiger partial charge in [0.25, 0.3) is 0 Å². The fourth-order valence-corrected chi connectivity index (χ4v) is 1.87. The zero-order valence-corrected chi connectivity index (χ0v) is 10.3. The van der Waals surface area contributed by atoms with Crippen molar-refractivity contribution in [1.82, 2.24) is 10.2 Å². The van der Waals surface area contributed by atoms with Crippen LogP contribution in [0.15, 0.2) is 30.3 Å². The highest BCUT2D eigenvalue weighted by atomic mass is 16.2. The molecule has 4 heteroatoms. The summed E-state index contributed by atoms with van der Waals surface area (Å²) >= 11 is 0. The predicted molar refractivity (Wildman–Crippen MR) is 69.8 cm³/mol. The van der Waals surface area contributed by atoms with Crippen molar-refractivity contribution < 1.29 is 9.59 Å². The van der Waals surface area contributed by atoms with Crippen molar-refractivity contribution >= 4 is 17.9 Å². The van der Waals surface area contributed by atoms with Gasteiger partial charge >= 0.3 is 0 Å². The molecule has 0 bridgehead atoms. The van der Waals surface area contributed by atoms with Gasteiger partial charge in [-0.2, -0.15) is 0 Å². The lowest BCUT2D eigenvalue weighted by Crippen LogP contribution is -2.49. The summed E-state index contributed by atoms with van der Waals surface area (Å²) in [6, 6.07) is 7.86. The van der Waals surface area contributed by atoms with E-state index in [4.69, 9.17) is 0 Å². The zero-order chi connectivity index (χ0) is 13.0. The molecule has 0 radical (unpaired) electrons. The molecule has 18 heavy (non-hydrogen) atoms. The Morgan fingerprint density at radius 3 is 2.89 bits per heavy atom. The highest BCUT2D eigenvalue weighted by molar-refractivity contribution is 5.95. The second-order valence-corrected chi connectivity index (χ2v) is 4.30. The minimum absolute atomic E-state index is 0.0982. The van der Waals surface area contributed by atoms with Crippen molar-refractivity contribution in [3.8, 4) is 0 Å². The SMILES string of the molecule is Cc1ccccc1/C=C/C(=O)N1CCNC(=O)C1. The number of nitrogens with one attached hydrogen (secondary N) is 1. The van der Waals surface area contributed by atoms with Crippen LogP contribution in [-0.2, 0) is 9.59 Å². The minimum Gasteiger partial charge on any atom is -0.353 e. The first-order valence-electron chi connectivity index (χ1n) is 5.96. The van der Waals surface area contributed by atoms with Crippen LogP contribution in [0.5, 0.6) is 0 Å². The highest BCUT2D eigenvalue weighted by Gasteiger charge is 2.18. The number of benzene rings is 1. The maximum atomic E-state index is 11.9. The van der Waals surface area contributed by atoms with Crippen molar-refractivity contribution in [3.05, 3.63) is 41.5 Å². The van der Waals surface area contributed by atoms with E-state index in [0.29, 0.717) is 13.1 Å². The summed E-state index contributed by atoms with van der Waals surface area (Å²) in [4.78, 5) is 24.6. The lowest BCUT2D eigenvalue weighted by atomic mass is 10.1. The molecule has 1 aromatic carbocycles. The van der Waals surface area contributed by atoms with Gasteiger partial charge in [0.2, 0.25) is 11.8 Å². The molecule has 1 aliphatic heterocycles. The van der Waals surface area contributed by atoms with Gasteiger partial charge in [-0.1, -0.05) is 24.3 Å². The van der Waals surface area contributed by atoms with E-state index in [1.165, 1.54) is 6.08 Å². The van der Waals surface area contributed by atoms with Gasteiger partial charge in [0, 0.05) is 19.2 Å². The molecule has 2 rings (SSSR count). The molecule has 0 spiro atoms. The van der Waals surface area contributed by atoms with Gasteiger partial charge < -0.3 is 10.2 Å². The third-order valence-electron chi connectivity index (χ3n) is 2.94. The van der Waals surface area contributed by atoms with E-state index < -0.39 is 0 Å². The van der Waals surface area contributed by atoms with E-state index in [0.717, 1.165) is 11.1 Å². The summed E-state index contributed by atoms with van der Waals surface area (Å²) in [5, 5.41) is 2.69. The largest absolute Gasteiger partial charge is 0.353 e. The van der Waals surface area contributed by atoms with Gasteiger partial charge in [-0.05, 0) is 24.1 Å². The number of hydrogen-bond acceptors (Lipinski definition) is 2. The molecule has 4 nitrogen and oxygen atoms in total. The Morgan fingerprint density at radius 1 is 1.39 bits per heavy atom. The maximum absolute atomic E-state index is 11.9. The van der Waals surface area contributed by atoms with Gasteiger partial charge in [-0.3, -0.25) is 9.59 Å². The van der Waals surface area contributed by atoms with Crippen molar-refractivity contribution in [3.63, 3.8) is 0 Å². The standard InChI is InChI=1S/C14H16N2O2/c1-11-4-2-3-5-12(11)6-7-14(18)16-9-8-15-13(17)10-16/h2-7H,8-10H2,1H3,(H,15,17)/b7-6+. The number of amides is 2. The van der Waals surface area contributed by atoms with Gasteiger partial charge in [0.05, 0.1) is 6.54 Å². The van der Waals surface area contributed by atoms with Gasteiger partial charge in [0.15, 0.2) is 0 Å². The van der Waals surface area contributed by atoms with E-state index >= 15 is 0 Å². The number of piperazine rings is 1. The Bertz CT molecular complexity index is 494. The summed E-state index contributed by atoms with van der Waals surface area (Å²) in [5.74, 6) is -0.216. The van der Waals surface area contributed by atoms with Crippen LogP contribution in [0.3, 0.4) is 0 Å². The topological polar surface area (TPSA) is 49.4 Å². The first kappa shape index (κ1) is 12.4. The second kappa shape index (κ2) is 5.49.